The van der Waals surface area contributed by atoms with Gasteiger partial charge in [-0.15, -0.1) is 0 Å². The van der Waals surface area contributed by atoms with E-state index in [4.69, 9.17) is 92.5 Å². The first-order valence-electron chi connectivity index (χ1n) is 30.5. The summed E-state index contributed by atoms with van der Waals surface area (Å²) in [5, 5.41) is 39.1. The van der Waals surface area contributed by atoms with Crippen molar-refractivity contribution in [1.82, 2.24) is 0 Å². The number of halogens is 9. The first-order valence-corrected chi connectivity index (χ1v) is 35.5. The van der Waals surface area contributed by atoms with Crippen molar-refractivity contribution < 1.29 is 58.2 Å². The Kier molecular flexibility index (Phi) is 28.6. The van der Waals surface area contributed by atoms with Crippen LogP contribution in [0.2, 0.25) is 25.1 Å². The maximum atomic E-state index is 12.4. The average Bonchev–Trinajstić information content (AvgIpc) is 0.767. The molecule has 0 aromatic heterocycles. The van der Waals surface area contributed by atoms with E-state index in [1.807, 2.05) is 50.3 Å². The minimum absolute atomic E-state index is 0.150. The van der Waals surface area contributed by atoms with E-state index >= 15 is 0 Å². The van der Waals surface area contributed by atoms with Crippen molar-refractivity contribution in [2.45, 2.75) is 124 Å². The minimum Gasteiger partial charge on any atom is -0.508 e. The SMILES string of the molecule is CC(=O)C(C)(C)Br.CC1(C)Oc2c(Br)cc(Cl)cc2NC1=O.CC1(C)Oc2c(cc(Cl)cc2C2=CCOCC2)NC1=O.Cc1cc(Cl)cc(Br)c1O.Cc1cc(Cl)cc(Br)c1O.Cc1cc(Cl)ccc1O.Cc1ccc(N)cc1-c1cc2c(c(C3=CCOCC3)c1)OC(C)(C)C(=O)N2. The predicted molar refractivity (Wildman–Crippen MR) is 411 cm³/mol. The van der Waals surface area contributed by atoms with Crippen LogP contribution in [0, 0.1) is 27.7 Å². The summed E-state index contributed by atoms with van der Waals surface area (Å²) in [6, 6.07) is 28.6. The van der Waals surface area contributed by atoms with Gasteiger partial charge in [0.25, 0.3) is 17.7 Å². The summed E-state index contributed by atoms with van der Waals surface area (Å²) in [6.45, 7) is 25.7. The van der Waals surface area contributed by atoms with Crippen molar-refractivity contribution in [2.24, 2.45) is 0 Å². The Morgan fingerprint density at radius 3 is 1.30 bits per heavy atom. The summed E-state index contributed by atoms with van der Waals surface area (Å²) >= 11 is 41.8. The number of nitrogens with two attached hydrogens (primary N) is 1. The van der Waals surface area contributed by atoms with Crippen LogP contribution in [-0.4, -0.2) is 86.4 Å². The smallest absolute Gasteiger partial charge is 0.268 e. The maximum absolute atomic E-state index is 12.4. The number of amides is 3. The molecule has 524 valence electrons. The zero-order valence-corrected chi connectivity index (χ0v) is 66.3. The minimum atomic E-state index is -0.915. The highest BCUT2D eigenvalue weighted by atomic mass is 79.9. The van der Waals surface area contributed by atoms with Crippen LogP contribution in [0.25, 0.3) is 22.3 Å². The molecular formula is C73H77Br4Cl5N4O12. The van der Waals surface area contributed by atoms with Gasteiger partial charge in [-0.05, 0) is 286 Å². The summed E-state index contributed by atoms with van der Waals surface area (Å²) in [5.41, 5.74) is 15.8. The molecule has 7 aromatic carbocycles. The monoisotopic (exact) mass is 1690 g/mol. The second-order valence-electron chi connectivity index (χ2n) is 24.9. The molecule has 0 aliphatic carbocycles. The Balaban J connectivity index is 0.000000190. The van der Waals surface area contributed by atoms with E-state index in [2.05, 4.69) is 98.7 Å². The number of phenols is 3. The highest BCUT2D eigenvalue weighted by Gasteiger charge is 2.40. The lowest BCUT2D eigenvalue weighted by atomic mass is 9.91. The molecule has 0 saturated carbocycles. The average molecular weight is 1700 g/mol. The zero-order valence-electron chi connectivity index (χ0n) is 56.1. The number of alkyl halides is 1. The van der Waals surface area contributed by atoms with E-state index in [0.29, 0.717) is 100 Å². The van der Waals surface area contributed by atoms with Crippen LogP contribution in [0.3, 0.4) is 0 Å². The first kappa shape index (κ1) is 81.0. The quantitative estimate of drug-likeness (QED) is 0.0642. The van der Waals surface area contributed by atoms with Crippen LogP contribution in [0.5, 0.6) is 34.5 Å². The van der Waals surface area contributed by atoms with E-state index < -0.39 is 16.8 Å². The van der Waals surface area contributed by atoms with E-state index in [0.717, 1.165) is 73.1 Å². The molecule has 0 saturated heterocycles. The van der Waals surface area contributed by atoms with Crippen LogP contribution < -0.4 is 35.9 Å². The third kappa shape index (κ3) is 22.2. The van der Waals surface area contributed by atoms with Gasteiger partial charge in [-0.2, -0.15) is 0 Å². The Labute approximate surface area is 630 Å². The number of rotatable bonds is 4. The molecule has 98 heavy (non-hydrogen) atoms. The second-order valence-corrected chi connectivity index (χ2v) is 31.7. The van der Waals surface area contributed by atoms with E-state index in [-0.39, 0.29) is 39.3 Å². The number of ketones is 1. The second kappa shape index (κ2) is 34.6. The van der Waals surface area contributed by atoms with Gasteiger partial charge in [0.15, 0.2) is 34.1 Å². The van der Waals surface area contributed by atoms with E-state index in [1.54, 1.807) is 130 Å². The highest BCUT2D eigenvalue weighted by Crippen LogP contribution is 2.47. The van der Waals surface area contributed by atoms with E-state index in [9.17, 15) is 29.4 Å². The number of Topliss-reactive ketones (excluding diaryl/α,β-unsaturated/α-hetero) is 1. The normalized spacial score (nSPS) is 15.6. The van der Waals surface area contributed by atoms with Crippen molar-refractivity contribution in [2.75, 3.05) is 48.1 Å². The number of fused-ring (bicyclic) bond motifs is 3. The fourth-order valence-electron chi connectivity index (χ4n) is 9.24. The Morgan fingerprint density at radius 2 is 0.888 bits per heavy atom. The Bertz CT molecular complexity index is 4130. The summed E-state index contributed by atoms with van der Waals surface area (Å²) < 4.78 is 30.1. The molecule has 0 atom stereocenters. The van der Waals surface area contributed by atoms with Crippen LogP contribution in [0.1, 0.15) is 109 Å². The number of ether oxygens (including phenoxy) is 5. The van der Waals surface area contributed by atoms with Gasteiger partial charge in [-0.3, -0.25) is 19.2 Å². The van der Waals surface area contributed by atoms with Crippen molar-refractivity contribution >= 4 is 179 Å². The number of anilines is 4. The van der Waals surface area contributed by atoms with Gasteiger partial charge in [-0.1, -0.05) is 92.2 Å². The number of hydrogen-bond donors (Lipinski definition) is 7. The lowest BCUT2D eigenvalue weighted by Crippen LogP contribution is -2.46. The molecule has 12 rings (SSSR count). The molecule has 3 amide bonds. The molecule has 5 aliphatic heterocycles. The van der Waals surface area contributed by atoms with Crippen molar-refractivity contribution in [3.63, 3.8) is 0 Å². The summed E-state index contributed by atoms with van der Waals surface area (Å²) in [4.78, 5) is 46.4. The standard InChI is InChI=1S/C22H24N2O3.C15H16ClNO3.C10H9BrClNO2.2C7H6BrClO.C7H7ClO.C5H9BrO/c1-13-4-5-16(23)12-17(13)15-10-18(14-6-8-26-9-7-14)20-19(11-15)24-21(25)22(2,3)27-20;1-15(2)14(18)17-12-8-10(16)7-11(13(12)20-15)9-3-5-19-6-4-9;1-10(2)9(14)13-7-4-5(12)3-6(11)8(7)15-10;2*1-4-2-5(9)3-6(8)7(4)10;1-5-4-6(8)2-3-7(5)9;1-4(7)5(2,3)6/h4-6,10-12H,7-9,23H2,1-3H3,(H,24,25);3,7-8H,4-6H2,1-2H3,(H,17,18);3-4H,1-2H3,(H,13,14);2*2-3,10H,1H3;2-4,9H,1H3;1-3H3. The van der Waals surface area contributed by atoms with Crippen LogP contribution in [0.15, 0.2) is 123 Å². The largest absolute Gasteiger partial charge is 0.508 e. The topological polar surface area (TPSA) is 237 Å². The van der Waals surface area contributed by atoms with Crippen molar-refractivity contribution in [1.29, 1.82) is 0 Å². The van der Waals surface area contributed by atoms with Crippen molar-refractivity contribution in [3.8, 4) is 45.6 Å². The van der Waals surface area contributed by atoms with Gasteiger partial charge >= 0.3 is 0 Å². The lowest BCUT2D eigenvalue weighted by Gasteiger charge is -2.34. The third-order valence-corrected chi connectivity index (χ3v) is 18.7. The number of phenolic OH excluding ortho intramolecular Hbond substituents is 3. The number of carbonyl (C=O) groups is 4. The Morgan fingerprint density at radius 1 is 0.500 bits per heavy atom. The van der Waals surface area contributed by atoms with Crippen LogP contribution >= 0.6 is 122 Å². The molecule has 7 aromatic rings. The molecule has 0 spiro atoms. The van der Waals surface area contributed by atoms with E-state index in [1.165, 1.54) is 5.57 Å². The summed E-state index contributed by atoms with van der Waals surface area (Å²) in [6.07, 6.45) is 5.73. The molecule has 25 heteroatoms. The summed E-state index contributed by atoms with van der Waals surface area (Å²) in [7, 11) is 0. The molecule has 8 N–H and O–H groups in total. The highest BCUT2D eigenvalue weighted by molar-refractivity contribution is 9.11. The zero-order chi connectivity index (χ0) is 73.1. The molecule has 5 heterocycles. The number of nitrogens with one attached hydrogen (secondary N) is 3. The number of hydrogen-bond acceptors (Lipinski definition) is 13. The third-order valence-electron chi connectivity index (χ3n) is 15.2. The maximum Gasteiger partial charge on any atom is 0.268 e. The number of benzene rings is 7. The van der Waals surface area contributed by atoms with Gasteiger partial charge in [-0.25, -0.2) is 0 Å². The predicted octanol–water partition coefficient (Wildman–Crippen LogP) is 21.0. The number of nitrogen functional groups attached to an aromatic ring is 1. The number of aromatic hydroxyl groups is 3. The number of carbonyl (C=O) groups excluding carboxylic acids is 4. The molecule has 16 nitrogen and oxygen atoms in total. The van der Waals surface area contributed by atoms with Crippen molar-refractivity contribution in [3.05, 3.63) is 181 Å². The van der Waals surface area contributed by atoms with Gasteiger partial charge in [0, 0.05) is 41.9 Å². The lowest BCUT2D eigenvalue weighted by molar-refractivity contribution is -0.130. The summed E-state index contributed by atoms with van der Waals surface area (Å²) in [5.74, 6) is 2.49. The molecule has 5 aliphatic rings. The Hall–Kier alpha value is -6.01. The molecule has 0 fully saturated rings. The first-order chi connectivity index (χ1) is 45.6. The van der Waals surface area contributed by atoms with Gasteiger partial charge in [0.2, 0.25) is 0 Å². The molecule has 0 unspecified atom stereocenters. The molecular weight excluding hydrogens is 1620 g/mol. The van der Waals surface area contributed by atoms with Crippen LogP contribution in [0.4, 0.5) is 22.7 Å². The van der Waals surface area contributed by atoms with Crippen LogP contribution in [-0.2, 0) is 28.7 Å². The fraction of sp³-hybridized carbons (Fsp3) is 0.315. The molecule has 0 bridgehead atoms. The van der Waals surface area contributed by atoms with Gasteiger partial charge < -0.3 is 60.7 Å². The van der Waals surface area contributed by atoms with Gasteiger partial charge in [0.05, 0.1) is 61.2 Å². The fourth-order valence-corrected chi connectivity index (χ4v) is 12.5. The van der Waals surface area contributed by atoms with Gasteiger partial charge in [0.1, 0.15) is 23.0 Å². The molecule has 0 radical (unpaired) electrons. The number of aryl methyl sites for hydroxylation is 4.